The molecule has 488 valence electrons. The molecule has 2 aliphatic heterocycles. The number of hydrogen-bond donors (Lipinski definition) is 1. The van der Waals surface area contributed by atoms with Crippen LogP contribution in [0.1, 0.15) is 119 Å². The summed E-state index contributed by atoms with van der Waals surface area (Å²) in [6.45, 7) is 41.5. The lowest BCUT2D eigenvalue weighted by molar-refractivity contribution is 0.243. The highest BCUT2D eigenvalue weighted by Gasteiger charge is 2.49. The maximum Gasteiger partial charge on any atom is 0.0456 e. The van der Waals surface area contributed by atoms with Crippen molar-refractivity contribution in [1.82, 2.24) is 29.8 Å². The van der Waals surface area contributed by atoms with E-state index in [1.54, 1.807) is 0 Å². The third-order valence-electron chi connectivity index (χ3n) is 19.6. The number of nitrogens with zero attached hydrogens (tertiary/aromatic N) is 7. The van der Waals surface area contributed by atoms with Crippen LogP contribution in [0.3, 0.4) is 0 Å². The lowest BCUT2D eigenvalue weighted by Gasteiger charge is -2.39. The minimum atomic E-state index is 0.435. The van der Waals surface area contributed by atoms with E-state index in [4.69, 9.17) is 26.3 Å². The van der Waals surface area contributed by atoms with Crippen molar-refractivity contribution in [1.29, 1.82) is 0 Å². The number of allylic oxidation sites excluding steroid dienone is 4. The number of benzene rings is 1. The van der Waals surface area contributed by atoms with Crippen molar-refractivity contribution in [3.8, 4) is 0 Å². The van der Waals surface area contributed by atoms with E-state index < -0.39 is 0 Å². The number of hydrogen-bond acceptors (Lipinski definition) is 14. The molecule has 0 bridgehead atoms. The molecule has 1 N–H and O–H groups in total. The first-order valence-electron chi connectivity index (χ1n) is 33.4. The van der Waals surface area contributed by atoms with Crippen LogP contribution >= 0.6 is 70.6 Å². The molecule has 0 amide bonds. The Kier molecular flexibility index (Phi) is 34.2. The zero-order valence-electron chi connectivity index (χ0n) is 57.4. The zero-order valence-corrected chi connectivity index (χ0v) is 62.3. The predicted molar refractivity (Wildman–Crippen MR) is 396 cm³/mol. The summed E-state index contributed by atoms with van der Waals surface area (Å²) in [6, 6.07) is 9.43. The van der Waals surface area contributed by atoms with Crippen LogP contribution in [0.15, 0.2) is 73.4 Å². The molecule has 8 nitrogen and oxygen atoms in total. The average molecular weight is 1290 g/mol. The molecule has 14 heteroatoms. The number of anilines is 2. The first-order valence-corrected chi connectivity index (χ1v) is 39.7. The third kappa shape index (κ3) is 23.9. The smallest absolute Gasteiger partial charge is 0.0456 e. The number of fused-ring (bicyclic) bond motifs is 2. The van der Waals surface area contributed by atoms with Crippen LogP contribution in [0.4, 0.5) is 11.4 Å². The van der Waals surface area contributed by atoms with E-state index in [0.717, 1.165) is 49.8 Å². The van der Waals surface area contributed by atoms with Gasteiger partial charge in [0.1, 0.15) is 0 Å². The average Bonchev–Trinajstić information content (AvgIpc) is 1.78. The largest absolute Gasteiger partial charge is 0.319 e. The highest BCUT2D eigenvalue weighted by molar-refractivity contribution is 8.01. The van der Waals surface area contributed by atoms with Crippen LogP contribution in [-0.2, 0) is 0 Å². The molecule has 2 aliphatic carbocycles. The summed E-state index contributed by atoms with van der Waals surface area (Å²) in [5.41, 5.74) is 7.44. The van der Waals surface area contributed by atoms with Gasteiger partial charge in [0.05, 0.1) is 0 Å². The van der Waals surface area contributed by atoms with E-state index in [0.29, 0.717) is 80.2 Å². The monoisotopic (exact) mass is 1280 g/mol. The summed E-state index contributed by atoms with van der Waals surface area (Å²) in [5.74, 6) is 13.1. The van der Waals surface area contributed by atoms with Crippen molar-refractivity contribution >= 4 is 81.9 Å². The normalized spacial score (nSPS) is 25.2. The number of thioether (sulfide) groups is 6. The van der Waals surface area contributed by atoms with Gasteiger partial charge in [-0.1, -0.05) is 67.9 Å². The Bertz CT molecular complexity index is 2100. The highest BCUT2D eigenvalue weighted by atomic mass is 32.2. The fourth-order valence-electron chi connectivity index (χ4n) is 13.9. The van der Waals surface area contributed by atoms with Gasteiger partial charge in [0, 0.05) is 163 Å². The standard InChI is InChI=1S/C71H128N8S6/c1-50(2)66(80-40-34-72-11)30-22-52(5)68(82-42-36-74(14)15)32-24-58-46-62-54(7)78(56(9)64(62)48-70(58)84-44-38-76(18)19)60-26-28-61(29-27-60)79-55(8)63-47-59(71(49-65(63)57(79)10)85-45-39-77(20)21)25-33-69(83-43-37-75(16)17)53(6)23-31-67(51(3)4)81-41-35-73(12)13/h26-29,50-53,58-59,62-72H,7-10,22-25,30-49H2,1-6,11-21H3. The topological polar surface area (TPSA) is 34.7 Å². The second-order valence-corrected chi connectivity index (χ2v) is 36.5. The van der Waals surface area contributed by atoms with Crippen LogP contribution in [0.25, 0.3) is 0 Å². The van der Waals surface area contributed by atoms with Gasteiger partial charge in [-0.3, -0.25) is 0 Å². The van der Waals surface area contributed by atoms with E-state index in [9.17, 15) is 0 Å². The number of rotatable bonds is 42. The summed E-state index contributed by atoms with van der Waals surface area (Å²) in [6.07, 6.45) is 15.3. The molecule has 0 spiro atoms. The molecule has 2 saturated carbocycles. The number of nitrogens with one attached hydrogen (secondary N) is 1. The second-order valence-electron chi connectivity index (χ2n) is 28.4. The molecule has 14 atom stereocenters. The van der Waals surface area contributed by atoms with E-state index in [1.807, 2.05) is 0 Å². The summed E-state index contributed by atoms with van der Waals surface area (Å²) >= 11 is 13.4. The molecular formula is C71H128N8S6. The van der Waals surface area contributed by atoms with Gasteiger partial charge in [-0.05, 0) is 214 Å². The lowest BCUT2D eigenvalue weighted by atomic mass is 9.72. The molecule has 1 aromatic carbocycles. The maximum atomic E-state index is 4.96. The van der Waals surface area contributed by atoms with Gasteiger partial charge in [0.25, 0.3) is 0 Å². The van der Waals surface area contributed by atoms with Gasteiger partial charge in [-0.15, -0.1) is 0 Å². The Morgan fingerprint density at radius 1 is 0.424 bits per heavy atom. The zero-order chi connectivity index (χ0) is 62.5. The van der Waals surface area contributed by atoms with Crippen molar-refractivity contribution in [2.24, 2.45) is 59.2 Å². The van der Waals surface area contributed by atoms with E-state index >= 15 is 0 Å². The maximum absolute atomic E-state index is 4.96. The highest BCUT2D eigenvalue weighted by Crippen LogP contribution is 2.57. The molecule has 4 aliphatic rings. The van der Waals surface area contributed by atoms with Crippen LogP contribution < -0.4 is 15.1 Å². The summed E-state index contributed by atoms with van der Waals surface area (Å²) in [5, 5.41) is 7.48. The van der Waals surface area contributed by atoms with Gasteiger partial charge in [0.15, 0.2) is 0 Å². The van der Waals surface area contributed by atoms with Crippen LogP contribution in [0.5, 0.6) is 0 Å². The SMILES string of the molecule is C=C1C2CC(CCC(SCCN(C)C)C(C)CCC(SCCNC)C(C)C)C(SCCN(C)C)CC2C(=C)N1c1ccc(N2C(=C)C3CC(CCC(SCCN(C)C)C(C)CCC(SCCN(C)C)C(C)C)C(SCCN(C)C)CC3C2=C)cc1. The van der Waals surface area contributed by atoms with Crippen molar-refractivity contribution in [2.75, 3.05) is 161 Å². The minimum Gasteiger partial charge on any atom is -0.319 e. The van der Waals surface area contributed by atoms with Crippen molar-refractivity contribution < 1.29 is 0 Å². The summed E-state index contributed by atoms with van der Waals surface area (Å²) in [4.78, 5) is 16.7. The van der Waals surface area contributed by atoms with Crippen LogP contribution in [-0.4, -0.2) is 207 Å². The van der Waals surface area contributed by atoms with Crippen LogP contribution in [0.2, 0.25) is 0 Å². The van der Waals surface area contributed by atoms with Gasteiger partial charge in [-0.25, -0.2) is 0 Å². The fourth-order valence-corrected chi connectivity index (χ4v) is 23.1. The first kappa shape index (κ1) is 75.4. The molecular weight excluding hydrogens is 1160 g/mol. The van der Waals surface area contributed by atoms with Crippen molar-refractivity contribution in [3.05, 3.63) is 73.4 Å². The fraction of sp³-hybridized carbons (Fsp3) is 0.803. The van der Waals surface area contributed by atoms with Gasteiger partial charge in [0.2, 0.25) is 0 Å². The summed E-state index contributed by atoms with van der Waals surface area (Å²) < 4.78 is 0. The molecule has 0 aromatic heterocycles. The second kappa shape index (κ2) is 38.6. The Labute approximate surface area is 551 Å². The Balaban J connectivity index is 1.30. The third-order valence-corrected chi connectivity index (χ3v) is 28.8. The molecule has 85 heavy (non-hydrogen) atoms. The predicted octanol–water partition coefficient (Wildman–Crippen LogP) is 16.0. The molecule has 4 fully saturated rings. The Morgan fingerprint density at radius 3 is 1.05 bits per heavy atom. The molecule has 14 unspecified atom stereocenters. The summed E-state index contributed by atoms with van der Waals surface area (Å²) in [7, 11) is 24.3. The van der Waals surface area contributed by atoms with Crippen molar-refractivity contribution in [2.45, 2.75) is 150 Å². The lowest BCUT2D eigenvalue weighted by Crippen LogP contribution is -2.34. The van der Waals surface area contributed by atoms with E-state index in [-0.39, 0.29) is 0 Å². The molecule has 2 heterocycles. The van der Waals surface area contributed by atoms with E-state index in [2.05, 4.69) is 254 Å². The van der Waals surface area contributed by atoms with Crippen LogP contribution in [0, 0.1) is 59.2 Å². The molecule has 0 radical (unpaired) electrons. The van der Waals surface area contributed by atoms with Gasteiger partial charge < -0.3 is 39.6 Å². The quantitative estimate of drug-likeness (QED) is 0.0631. The van der Waals surface area contributed by atoms with E-state index in [1.165, 1.54) is 146 Å². The van der Waals surface area contributed by atoms with Gasteiger partial charge >= 0.3 is 0 Å². The molecule has 2 saturated heterocycles. The molecule has 5 rings (SSSR count). The Hall–Kier alpha value is -0.360. The first-order chi connectivity index (χ1) is 40.4. The minimum absolute atomic E-state index is 0.435. The van der Waals surface area contributed by atoms with Gasteiger partial charge in [-0.2, -0.15) is 70.6 Å². The Morgan fingerprint density at radius 2 is 0.729 bits per heavy atom. The van der Waals surface area contributed by atoms with Crippen molar-refractivity contribution in [3.63, 3.8) is 0 Å². The molecule has 1 aromatic rings.